The Bertz CT molecular complexity index is 1480. The maximum Gasteiger partial charge on any atom is 0.573 e. The Labute approximate surface area is 236 Å². The van der Waals surface area contributed by atoms with Gasteiger partial charge in [0.25, 0.3) is 5.91 Å². The average Bonchev–Trinajstić information content (AvgIpc) is 3.30. The Hall–Kier alpha value is -3.49. The van der Waals surface area contributed by atoms with Gasteiger partial charge in [0.15, 0.2) is 0 Å². The van der Waals surface area contributed by atoms with E-state index < -0.39 is 6.36 Å². The number of unbranched alkanes of at least 4 members (excludes halogenated alkanes) is 1. The van der Waals surface area contributed by atoms with E-state index in [9.17, 15) is 18.0 Å². The van der Waals surface area contributed by atoms with Crippen LogP contribution in [0.15, 0.2) is 72.9 Å². The zero-order valence-electron chi connectivity index (χ0n) is 22.3. The van der Waals surface area contributed by atoms with Gasteiger partial charge in [0, 0.05) is 72.5 Å². The van der Waals surface area contributed by atoms with Crippen LogP contribution in [0, 0.1) is 0 Å². The summed E-state index contributed by atoms with van der Waals surface area (Å²) in [5.74, 6) is -0.295. The number of piperazine rings is 1. The minimum Gasteiger partial charge on any atom is -0.406 e. The number of alkyl halides is 3. The largest absolute Gasteiger partial charge is 0.573 e. The first kappa shape index (κ1) is 28.1. The minimum atomic E-state index is -4.74. The topological polar surface area (TPSA) is 37.7 Å². The minimum absolute atomic E-state index is 0.0273. The van der Waals surface area contributed by atoms with Crippen LogP contribution in [0.1, 0.15) is 35.7 Å². The molecule has 2 heterocycles. The summed E-state index contributed by atoms with van der Waals surface area (Å²) in [6.45, 7) is 6.42. The van der Waals surface area contributed by atoms with Gasteiger partial charge in [-0.2, -0.15) is 0 Å². The summed E-state index contributed by atoms with van der Waals surface area (Å²) in [4.78, 5) is 17.7. The van der Waals surface area contributed by atoms with Crippen molar-refractivity contribution in [1.29, 1.82) is 0 Å². The van der Waals surface area contributed by atoms with E-state index in [1.165, 1.54) is 12.1 Å². The quantitative estimate of drug-likeness (QED) is 0.219. The van der Waals surface area contributed by atoms with E-state index in [0.29, 0.717) is 18.7 Å². The summed E-state index contributed by atoms with van der Waals surface area (Å²) in [5, 5.41) is 1.64. The lowest BCUT2D eigenvalue weighted by atomic mass is 10.0. The van der Waals surface area contributed by atoms with Gasteiger partial charge in [-0.1, -0.05) is 55.3 Å². The normalized spacial score (nSPS) is 14.6. The molecule has 1 fully saturated rings. The third-order valence-electron chi connectivity index (χ3n) is 7.29. The van der Waals surface area contributed by atoms with Gasteiger partial charge < -0.3 is 14.2 Å². The van der Waals surface area contributed by atoms with Crippen molar-refractivity contribution in [3.8, 4) is 16.9 Å². The molecule has 1 aromatic heterocycles. The highest BCUT2D eigenvalue weighted by Gasteiger charge is 2.31. The van der Waals surface area contributed by atoms with Crippen molar-refractivity contribution in [3.63, 3.8) is 0 Å². The molecule has 0 N–H and O–H groups in total. The van der Waals surface area contributed by atoms with Crippen LogP contribution in [0.3, 0.4) is 0 Å². The Morgan fingerprint density at radius 1 is 0.975 bits per heavy atom. The fourth-order valence-corrected chi connectivity index (χ4v) is 5.36. The molecule has 0 atom stereocenters. The zero-order valence-corrected chi connectivity index (χ0v) is 23.0. The van der Waals surface area contributed by atoms with Crippen molar-refractivity contribution in [2.45, 2.75) is 39.2 Å². The number of benzene rings is 3. The lowest BCUT2D eigenvalue weighted by Crippen LogP contribution is -2.48. The highest BCUT2D eigenvalue weighted by atomic mass is 35.5. The molecule has 9 heteroatoms. The molecular formula is C31H31ClF3N3O2. The van der Waals surface area contributed by atoms with Crippen molar-refractivity contribution in [2.24, 2.45) is 0 Å². The van der Waals surface area contributed by atoms with Crippen molar-refractivity contribution >= 4 is 28.4 Å². The molecule has 1 saturated heterocycles. The summed E-state index contributed by atoms with van der Waals surface area (Å²) in [5.41, 5.74) is 4.28. The second-order valence-corrected chi connectivity index (χ2v) is 10.5. The number of aromatic nitrogens is 1. The number of ether oxygens (including phenoxy) is 1. The number of hydrogen-bond acceptors (Lipinski definition) is 3. The molecule has 1 aliphatic heterocycles. The van der Waals surface area contributed by atoms with Gasteiger partial charge in [-0.25, -0.2) is 0 Å². The van der Waals surface area contributed by atoms with E-state index in [1.54, 1.807) is 12.1 Å². The first-order valence-corrected chi connectivity index (χ1v) is 13.8. The number of nitrogens with zero attached hydrogens (tertiary/aromatic N) is 3. The van der Waals surface area contributed by atoms with E-state index in [-0.39, 0.29) is 11.7 Å². The van der Waals surface area contributed by atoms with Crippen molar-refractivity contribution in [1.82, 2.24) is 14.4 Å². The van der Waals surface area contributed by atoms with Crippen LogP contribution in [0.25, 0.3) is 22.0 Å². The van der Waals surface area contributed by atoms with Gasteiger partial charge in [-0.15, -0.1) is 13.2 Å². The van der Waals surface area contributed by atoms with Crippen LogP contribution in [0.5, 0.6) is 5.75 Å². The van der Waals surface area contributed by atoms with Gasteiger partial charge in [0.2, 0.25) is 0 Å². The second-order valence-electron chi connectivity index (χ2n) is 10.1. The predicted molar refractivity (Wildman–Crippen MR) is 152 cm³/mol. The highest BCUT2D eigenvalue weighted by molar-refractivity contribution is 6.31. The molecule has 3 aromatic carbocycles. The van der Waals surface area contributed by atoms with Crippen LogP contribution in [-0.2, 0) is 13.1 Å². The maximum atomic E-state index is 13.5. The fraction of sp³-hybridized carbons (Fsp3) is 0.323. The van der Waals surface area contributed by atoms with E-state index in [0.717, 1.165) is 71.6 Å². The molecule has 0 radical (unpaired) electrons. The number of carbonyl (C=O) groups excluding carboxylic acids is 1. The van der Waals surface area contributed by atoms with Crippen LogP contribution in [0.2, 0.25) is 5.02 Å². The summed E-state index contributed by atoms with van der Waals surface area (Å²) >= 11 is 6.33. The third kappa shape index (κ3) is 6.45. The maximum absolute atomic E-state index is 13.5. The predicted octanol–water partition coefficient (Wildman–Crippen LogP) is 7.62. The molecule has 5 rings (SSSR count). The summed E-state index contributed by atoms with van der Waals surface area (Å²) < 4.78 is 44.1. The third-order valence-corrected chi connectivity index (χ3v) is 7.66. The Balaban J connectivity index is 1.36. The van der Waals surface area contributed by atoms with E-state index in [4.69, 9.17) is 11.6 Å². The molecule has 0 spiro atoms. The Morgan fingerprint density at radius 2 is 1.70 bits per heavy atom. The number of amides is 1. The number of carbonyl (C=O) groups is 1. The van der Waals surface area contributed by atoms with Crippen molar-refractivity contribution in [2.75, 3.05) is 26.2 Å². The molecular weight excluding hydrogens is 539 g/mol. The Morgan fingerprint density at radius 3 is 2.38 bits per heavy atom. The molecule has 1 amide bonds. The van der Waals surface area contributed by atoms with E-state index in [2.05, 4.69) is 21.1 Å². The number of halogens is 4. The number of hydrogen-bond donors (Lipinski definition) is 0. The van der Waals surface area contributed by atoms with Gasteiger partial charge in [-0.3, -0.25) is 9.69 Å². The van der Waals surface area contributed by atoms with Crippen molar-refractivity contribution < 1.29 is 22.7 Å². The first-order chi connectivity index (χ1) is 19.2. The Kier molecular flexibility index (Phi) is 8.38. The molecule has 0 bridgehead atoms. The van der Waals surface area contributed by atoms with Crippen LogP contribution in [-0.4, -0.2) is 52.8 Å². The highest BCUT2D eigenvalue weighted by Crippen LogP contribution is 2.34. The van der Waals surface area contributed by atoms with Gasteiger partial charge in [-0.05, 0) is 53.9 Å². The first-order valence-electron chi connectivity index (χ1n) is 13.5. The lowest BCUT2D eigenvalue weighted by molar-refractivity contribution is -0.274. The fourth-order valence-electron chi connectivity index (χ4n) is 5.17. The van der Waals surface area contributed by atoms with Gasteiger partial charge >= 0.3 is 6.36 Å². The van der Waals surface area contributed by atoms with E-state index >= 15 is 0 Å². The summed E-state index contributed by atoms with van der Waals surface area (Å²) in [6.07, 6.45) is -0.715. The molecule has 4 aromatic rings. The molecule has 0 aliphatic carbocycles. The van der Waals surface area contributed by atoms with Gasteiger partial charge in [0.05, 0.1) is 0 Å². The number of rotatable bonds is 8. The summed E-state index contributed by atoms with van der Waals surface area (Å²) in [7, 11) is 0. The number of fused-ring (bicyclic) bond motifs is 1. The van der Waals surface area contributed by atoms with Gasteiger partial charge in [0.1, 0.15) is 5.75 Å². The molecule has 0 saturated carbocycles. The molecule has 210 valence electrons. The average molecular weight is 570 g/mol. The lowest BCUT2D eigenvalue weighted by Gasteiger charge is -2.35. The molecule has 40 heavy (non-hydrogen) atoms. The van der Waals surface area contributed by atoms with Crippen LogP contribution >= 0.6 is 11.6 Å². The number of aryl methyl sites for hydroxylation is 1. The second kappa shape index (κ2) is 11.9. The molecule has 0 unspecified atom stereocenters. The zero-order chi connectivity index (χ0) is 28.3. The standard InChI is InChI=1S/C31H31ClF3N3O2/c1-2-3-14-38-21-27(22-8-11-25(12-9-22)40-31(33,34)35)26-19-23(10-13-29(26)38)30(39)37-17-15-36(16-18-37)20-24-6-4-5-7-28(24)32/h4-13,19,21H,2-3,14-18,20H2,1H3. The molecule has 1 aliphatic rings. The smallest absolute Gasteiger partial charge is 0.406 e. The van der Waals surface area contributed by atoms with Crippen molar-refractivity contribution in [3.05, 3.63) is 89.1 Å². The monoisotopic (exact) mass is 569 g/mol. The van der Waals surface area contributed by atoms with Crippen LogP contribution < -0.4 is 4.74 Å². The SMILES string of the molecule is CCCCn1cc(-c2ccc(OC(F)(F)F)cc2)c2cc(C(=O)N3CCN(Cc4ccccc4Cl)CC3)ccc21. The molecule has 5 nitrogen and oxygen atoms in total. The summed E-state index contributed by atoms with van der Waals surface area (Å²) in [6, 6.07) is 19.4. The van der Waals surface area contributed by atoms with Crippen LogP contribution in [0.4, 0.5) is 13.2 Å². The van der Waals surface area contributed by atoms with E-state index in [1.807, 2.05) is 53.6 Å².